The Balaban J connectivity index is 1.30. The number of rotatable bonds is 15. The second-order valence-electron chi connectivity index (χ2n) is 9.29. The van der Waals surface area contributed by atoms with Gasteiger partial charge in [0, 0.05) is 40.1 Å². The SMILES string of the molecule is C=C(C)C(=O)OCCOCCOCCNC(=O)Oc1c2ccccc2c(OCCc2ccccc2)c2ccccc12. The lowest BCUT2D eigenvalue weighted by Gasteiger charge is -2.17. The average molecular weight is 558 g/mol. The molecule has 0 aliphatic rings. The van der Waals surface area contributed by atoms with E-state index in [1.165, 1.54) is 5.56 Å². The van der Waals surface area contributed by atoms with Crippen molar-refractivity contribution in [2.45, 2.75) is 13.3 Å². The predicted molar refractivity (Wildman–Crippen MR) is 159 cm³/mol. The van der Waals surface area contributed by atoms with Crippen LogP contribution in [-0.2, 0) is 25.4 Å². The number of nitrogens with one attached hydrogen (secondary N) is 1. The molecule has 1 N–H and O–H groups in total. The summed E-state index contributed by atoms with van der Waals surface area (Å²) in [7, 11) is 0. The molecule has 1 amide bonds. The van der Waals surface area contributed by atoms with Gasteiger partial charge in [0.15, 0.2) is 0 Å². The normalized spacial score (nSPS) is 10.9. The van der Waals surface area contributed by atoms with Crippen LogP contribution in [0.4, 0.5) is 4.79 Å². The Kier molecular flexibility index (Phi) is 11.1. The van der Waals surface area contributed by atoms with Crippen molar-refractivity contribution in [1.29, 1.82) is 0 Å². The number of amides is 1. The summed E-state index contributed by atoms with van der Waals surface area (Å²) in [6.07, 6.45) is 0.209. The zero-order chi connectivity index (χ0) is 28.9. The molecule has 0 atom stereocenters. The zero-order valence-corrected chi connectivity index (χ0v) is 23.2. The lowest BCUT2D eigenvalue weighted by Crippen LogP contribution is -2.30. The molecule has 4 aromatic rings. The number of esters is 1. The summed E-state index contributed by atoms with van der Waals surface area (Å²) in [4.78, 5) is 24.0. The van der Waals surface area contributed by atoms with Gasteiger partial charge in [0.1, 0.15) is 18.1 Å². The maximum Gasteiger partial charge on any atom is 0.412 e. The van der Waals surface area contributed by atoms with Gasteiger partial charge in [-0.1, -0.05) is 85.4 Å². The Morgan fingerprint density at radius 2 is 1.22 bits per heavy atom. The van der Waals surface area contributed by atoms with Gasteiger partial charge in [-0.3, -0.25) is 0 Å². The second kappa shape index (κ2) is 15.4. The standard InChI is InChI=1S/C33H35NO7/c1-24(2)32(35)40-23-22-38-21-20-37-19-17-34-33(36)41-31-28-14-8-6-12-26(28)30(27-13-7-9-15-29(27)31)39-18-16-25-10-4-3-5-11-25/h3-15H,1,16-23H2,2H3,(H,34,36). The van der Waals surface area contributed by atoms with Gasteiger partial charge in [-0.25, -0.2) is 9.59 Å². The molecule has 0 saturated heterocycles. The Labute approximate surface area is 239 Å². The maximum atomic E-state index is 12.7. The summed E-state index contributed by atoms with van der Waals surface area (Å²) in [6.45, 7) is 7.29. The summed E-state index contributed by atoms with van der Waals surface area (Å²) in [5, 5.41) is 6.07. The number of ether oxygens (including phenoxy) is 5. The molecule has 214 valence electrons. The molecule has 0 unspecified atom stereocenters. The number of fused-ring (bicyclic) bond motifs is 2. The van der Waals surface area contributed by atoms with Crippen LogP contribution in [0.25, 0.3) is 21.5 Å². The quantitative estimate of drug-likeness (QED) is 0.0848. The highest BCUT2D eigenvalue weighted by atomic mass is 16.6. The van der Waals surface area contributed by atoms with Crippen molar-refractivity contribution in [3.05, 3.63) is 96.6 Å². The number of hydrogen-bond acceptors (Lipinski definition) is 7. The maximum absolute atomic E-state index is 12.7. The number of carbonyl (C=O) groups is 2. The molecule has 0 aliphatic heterocycles. The van der Waals surface area contributed by atoms with Crippen molar-refractivity contribution in [1.82, 2.24) is 5.32 Å². The van der Waals surface area contributed by atoms with E-state index in [2.05, 4.69) is 24.0 Å². The summed E-state index contributed by atoms with van der Waals surface area (Å²) in [5.41, 5.74) is 1.55. The van der Waals surface area contributed by atoms with Gasteiger partial charge in [0.05, 0.1) is 33.0 Å². The van der Waals surface area contributed by atoms with Gasteiger partial charge in [0.25, 0.3) is 0 Å². The highest BCUT2D eigenvalue weighted by molar-refractivity contribution is 6.11. The van der Waals surface area contributed by atoms with E-state index in [0.29, 0.717) is 37.8 Å². The molecule has 0 saturated carbocycles. The number of benzene rings is 4. The van der Waals surface area contributed by atoms with Crippen molar-refractivity contribution in [3.63, 3.8) is 0 Å². The molecular weight excluding hydrogens is 522 g/mol. The van der Waals surface area contributed by atoms with Gasteiger partial charge in [-0.05, 0) is 12.5 Å². The number of carbonyl (C=O) groups excluding carboxylic acids is 2. The summed E-state index contributed by atoms with van der Waals surface area (Å²) in [5.74, 6) is 0.808. The first-order valence-corrected chi connectivity index (χ1v) is 13.6. The minimum atomic E-state index is -0.572. The fourth-order valence-electron chi connectivity index (χ4n) is 4.22. The minimum Gasteiger partial charge on any atom is -0.492 e. The van der Waals surface area contributed by atoms with Crippen LogP contribution in [0.15, 0.2) is 91.0 Å². The van der Waals surface area contributed by atoms with Crippen LogP contribution in [0.2, 0.25) is 0 Å². The van der Waals surface area contributed by atoms with Crippen molar-refractivity contribution in [3.8, 4) is 11.5 Å². The van der Waals surface area contributed by atoms with E-state index in [1.54, 1.807) is 6.92 Å². The van der Waals surface area contributed by atoms with Crippen molar-refractivity contribution >= 4 is 33.6 Å². The molecule has 0 spiro atoms. The first-order chi connectivity index (χ1) is 20.0. The highest BCUT2D eigenvalue weighted by Crippen LogP contribution is 2.42. The van der Waals surface area contributed by atoms with E-state index in [1.807, 2.05) is 66.7 Å². The molecule has 0 bridgehead atoms. The Morgan fingerprint density at radius 1 is 0.683 bits per heavy atom. The average Bonchev–Trinajstić information content (AvgIpc) is 2.99. The third-order valence-electron chi connectivity index (χ3n) is 6.20. The van der Waals surface area contributed by atoms with Gasteiger partial charge in [-0.2, -0.15) is 0 Å². The summed E-state index contributed by atoms with van der Waals surface area (Å²) >= 11 is 0. The van der Waals surface area contributed by atoms with Crippen molar-refractivity contribution in [2.75, 3.05) is 46.2 Å². The molecule has 4 aromatic carbocycles. The van der Waals surface area contributed by atoms with Gasteiger partial charge in [0.2, 0.25) is 0 Å². The monoisotopic (exact) mass is 557 g/mol. The zero-order valence-electron chi connectivity index (χ0n) is 23.2. The van der Waals surface area contributed by atoms with E-state index in [9.17, 15) is 9.59 Å². The summed E-state index contributed by atoms with van der Waals surface area (Å²) < 4.78 is 28.0. The second-order valence-corrected chi connectivity index (χ2v) is 9.29. The van der Waals surface area contributed by atoms with Crippen LogP contribution in [0, 0.1) is 0 Å². The smallest absolute Gasteiger partial charge is 0.412 e. The lowest BCUT2D eigenvalue weighted by atomic mass is 10.0. The lowest BCUT2D eigenvalue weighted by molar-refractivity contribution is -0.140. The van der Waals surface area contributed by atoms with Crippen LogP contribution in [0.5, 0.6) is 11.5 Å². The van der Waals surface area contributed by atoms with E-state index >= 15 is 0 Å². The van der Waals surface area contributed by atoms with Gasteiger partial charge < -0.3 is 29.0 Å². The Bertz CT molecular complexity index is 1410. The van der Waals surface area contributed by atoms with Crippen LogP contribution in [0.1, 0.15) is 12.5 Å². The summed E-state index contributed by atoms with van der Waals surface area (Å²) in [6, 6.07) is 25.7. The van der Waals surface area contributed by atoms with Crippen LogP contribution < -0.4 is 14.8 Å². The van der Waals surface area contributed by atoms with Gasteiger partial charge >= 0.3 is 12.1 Å². The molecular formula is C33H35NO7. The van der Waals surface area contributed by atoms with E-state index in [0.717, 1.165) is 33.7 Å². The molecule has 0 radical (unpaired) electrons. The molecule has 0 aromatic heterocycles. The van der Waals surface area contributed by atoms with Gasteiger partial charge in [-0.15, -0.1) is 0 Å². The molecule has 4 rings (SSSR count). The minimum absolute atomic E-state index is 0.156. The van der Waals surface area contributed by atoms with E-state index in [-0.39, 0.29) is 19.8 Å². The predicted octanol–water partition coefficient (Wildman–Crippen LogP) is 5.86. The highest BCUT2D eigenvalue weighted by Gasteiger charge is 2.18. The molecule has 8 nitrogen and oxygen atoms in total. The third-order valence-corrected chi connectivity index (χ3v) is 6.20. The first-order valence-electron chi connectivity index (χ1n) is 13.6. The molecule has 0 heterocycles. The molecule has 0 aliphatic carbocycles. The topological polar surface area (TPSA) is 92.3 Å². The fourth-order valence-corrected chi connectivity index (χ4v) is 4.22. The third kappa shape index (κ3) is 8.54. The van der Waals surface area contributed by atoms with E-state index < -0.39 is 12.1 Å². The number of hydrogen-bond donors (Lipinski definition) is 1. The Morgan fingerprint density at radius 3 is 1.83 bits per heavy atom. The van der Waals surface area contributed by atoms with Crippen molar-refractivity contribution in [2.24, 2.45) is 0 Å². The van der Waals surface area contributed by atoms with Crippen LogP contribution in [-0.4, -0.2) is 58.2 Å². The van der Waals surface area contributed by atoms with Crippen molar-refractivity contribution < 1.29 is 33.3 Å². The first kappa shape index (κ1) is 29.6. The largest absolute Gasteiger partial charge is 0.492 e. The van der Waals surface area contributed by atoms with E-state index in [4.69, 9.17) is 23.7 Å². The Hall–Kier alpha value is -4.40. The molecule has 8 heteroatoms. The molecule has 0 fully saturated rings. The van der Waals surface area contributed by atoms with Crippen LogP contribution >= 0.6 is 0 Å². The molecule has 41 heavy (non-hydrogen) atoms. The van der Waals surface area contributed by atoms with Crippen LogP contribution in [0.3, 0.4) is 0 Å². The fraction of sp³-hybridized carbons (Fsp3) is 0.273.